The van der Waals surface area contributed by atoms with Gasteiger partial charge in [-0.1, -0.05) is 6.07 Å². The first kappa shape index (κ1) is 27.5. The fourth-order valence-electron chi connectivity index (χ4n) is 3.31. The maximum Gasteiger partial charge on any atom is 0.481 e. The molecular formula is C17H20F2N2O12P2. The highest BCUT2D eigenvalue weighted by atomic mass is 31.3. The van der Waals surface area contributed by atoms with Gasteiger partial charge in [-0.2, -0.15) is 4.31 Å². The summed E-state index contributed by atoms with van der Waals surface area (Å²) in [6.07, 6.45) is -5.97. The summed E-state index contributed by atoms with van der Waals surface area (Å²) < 4.78 is 63.9. The van der Waals surface area contributed by atoms with E-state index in [4.69, 9.17) is 14.5 Å². The third-order valence-electron chi connectivity index (χ3n) is 4.94. The molecule has 3 rings (SSSR count). The van der Waals surface area contributed by atoms with Crippen LogP contribution in [-0.2, 0) is 35.7 Å². The fraction of sp³-hybridized carbons (Fsp3) is 0.412. The molecule has 1 aromatic heterocycles. The minimum atomic E-state index is -5.40. The Balaban J connectivity index is 1.77. The molecule has 18 heteroatoms. The number of rotatable bonds is 9. The Hall–Kier alpha value is -2.10. The number of aliphatic hydroxyl groups excluding tert-OH is 2. The first-order chi connectivity index (χ1) is 16.2. The SMILES string of the molecule is O=c1ccn([C@@H]2O[C@H](COP(=O)(O)OP(=O)(O)O)[C@H](O)[C@@H]2O)c(=O)n1CCc1ccc(F)cc1F. The Morgan fingerprint density at radius 1 is 1.06 bits per heavy atom. The van der Waals surface area contributed by atoms with Crippen LogP contribution < -0.4 is 11.2 Å². The van der Waals surface area contributed by atoms with Crippen LogP contribution in [0.3, 0.4) is 0 Å². The van der Waals surface area contributed by atoms with Crippen LogP contribution in [0, 0.1) is 11.6 Å². The van der Waals surface area contributed by atoms with Crippen LogP contribution in [-0.4, -0.2) is 58.9 Å². The number of aromatic nitrogens is 2. The van der Waals surface area contributed by atoms with Crippen molar-refractivity contribution in [3.8, 4) is 0 Å². The van der Waals surface area contributed by atoms with Gasteiger partial charge in [0.05, 0.1) is 6.61 Å². The number of benzene rings is 1. The van der Waals surface area contributed by atoms with E-state index < -0.39 is 69.7 Å². The minimum absolute atomic E-state index is 0.0313. The molecule has 0 amide bonds. The molecule has 1 aromatic carbocycles. The number of aliphatic hydroxyl groups is 2. The van der Waals surface area contributed by atoms with Crippen molar-refractivity contribution in [2.75, 3.05) is 6.61 Å². The molecule has 0 radical (unpaired) electrons. The van der Waals surface area contributed by atoms with Crippen molar-refractivity contribution in [1.29, 1.82) is 0 Å². The zero-order valence-corrected chi connectivity index (χ0v) is 19.2. The summed E-state index contributed by atoms with van der Waals surface area (Å²) in [6, 6.07) is 3.74. The number of aryl methyl sites for hydroxylation is 1. The normalized spacial score (nSPS) is 24.4. The van der Waals surface area contributed by atoms with Gasteiger partial charge in [0.1, 0.15) is 29.9 Å². The zero-order valence-electron chi connectivity index (χ0n) is 17.5. The Morgan fingerprint density at radius 2 is 1.74 bits per heavy atom. The van der Waals surface area contributed by atoms with E-state index >= 15 is 0 Å². The van der Waals surface area contributed by atoms with Crippen molar-refractivity contribution in [3.05, 3.63) is 68.5 Å². The molecule has 2 aromatic rings. The van der Waals surface area contributed by atoms with Gasteiger partial charge in [-0.15, -0.1) is 0 Å². The molecule has 1 aliphatic rings. The first-order valence-electron chi connectivity index (χ1n) is 9.70. The molecule has 5 atom stereocenters. The number of nitrogens with zero attached hydrogens (tertiary/aromatic N) is 2. The summed E-state index contributed by atoms with van der Waals surface area (Å²) in [7, 11) is -10.7. The Kier molecular flexibility index (Phi) is 8.23. The molecule has 1 unspecified atom stereocenters. The number of phosphoric ester groups is 1. The molecule has 0 saturated carbocycles. The van der Waals surface area contributed by atoms with Crippen LogP contribution in [0.2, 0.25) is 0 Å². The average molecular weight is 544 g/mol. The minimum Gasteiger partial charge on any atom is -0.387 e. The van der Waals surface area contributed by atoms with E-state index in [9.17, 15) is 42.6 Å². The summed E-state index contributed by atoms with van der Waals surface area (Å²) in [4.78, 5) is 51.6. The maximum atomic E-state index is 13.9. The van der Waals surface area contributed by atoms with E-state index in [1.165, 1.54) is 0 Å². The highest BCUT2D eigenvalue weighted by Gasteiger charge is 2.46. The van der Waals surface area contributed by atoms with Crippen molar-refractivity contribution in [2.45, 2.75) is 37.5 Å². The van der Waals surface area contributed by atoms with Gasteiger partial charge in [-0.3, -0.25) is 18.5 Å². The molecule has 1 fully saturated rings. The average Bonchev–Trinajstić information content (AvgIpc) is 3.00. The Bertz CT molecular complexity index is 1290. The van der Waals surface area contributed by atoms with Crippen LogP contribution in [0.1, 0.15) is 11.8 Å². The van der Waals surface area contributed by atoms with Gasteiger partial charge in [-0.25, -0.2) is 22.7 Å². The van der Waals surface area contributed by atoms with E-state index in [-0.39, 0.29) is 18.5 Å². The highest BCUT2D eigenvalue weighted by molar-refractivity contribution is 7.60. The molecule has 5 N–H and O–H groups in total. The third kappa shape index (κ3) is 6.77. The largest absolute Gasteiger partial charge is 0.481 e. The summed E-state index contributed by atoms with van der Waals surface area (Å²) >= 11 is 0. The van der Waals surface area contributed by atoms with Crippen LogP contribution in [0.4, 0.5) is 8.78 Å². The highest BCUT2D eigenvalue weighted by Crippen LogP contribution is 2.57. The second kappa shape index (κ2) is 10.5. The summed E-state index contributed by atoms with van der Waals surface area (Å²) in [5.74, 6) is -1.68. The predicted molar refractivity (Wildman–Crippen MR) is 110 cm³/mol. The lowest BCUT2D eigenvalue weighted by Gasteiger charge is -2.19. The summed E-state index contributed by atoms with van der Waals surface area (Å²) in [6.45, 7) is -1.31. The molecule has 0 aliphatic carbocycles. The van der Waals surface area contributed by atoms with Crippen molar-refractivity contribution in [1.82, 2.24) is 9.13 Å². The van der Waals surface area contributed by atoms with Gasteiger partial charge in [-0.05, 0) is 18.1 Å². The van der Waals surface area contributed by atoms with Crippen LogP contribution in [0.5, 0.6) is 0 Å². The van der Waals surface area contributed by atoms with Gasteiger partial charge >= 0.3 is 21.3 Å². The van der Waals surface area contributed by atoms with Crippen molar-refractivity contribution < 1.29 is 56.4 Å². The number of hydrogen-bond donors (Lipinski definition) is 5. The van der Waals surface area contributed by atoms with E-state index in [0.29, 0.717) is 10.6 Å². The summed E-state index contributed by atoms with van der Waals surface area (Å²) in [5.41, 5.74) is -1.77. The Morgan fingerprint density at radius 3 is 2.37 bits per heavy atom. The number of hydrogen-bond acceptors (Lipinski definition) is 9. The summed E-state index contributed by atoms with van der Waals surface area (Å²) in [5, 5.41) is 20.5. The van der Waals surface area contributed by atoms with E-state index in [2.05, 4.69) is 8.83 Å². The second-order valence-corrected chi connectivity index (χ2v) is 10.2. The van der Waals surface area contributed by atoms with Gasteiger partial charge in [0.2, 0.25) is 0 Å². The molecule has 35 heavy (non-hydrogen) atoms. The lowest BCUT2D eigenvalue weighted by molar-refractivity contribution is -0.0548. The standard InChI is InChI=1S/C17H20F2N2O12P2/c18-10-2-1-9(11(19)7-10)3-5-20-13(22)4-6-21(17(20)25)16-15(24)14(23)12(32-16)8-31-35(29,30)33-34(26,27)28/h1-2,4,6-7,12,14-16,23-24H,3,5,8H2,(H,29,30)(H2,26,27,28)/t12-,14+,15+,16-/m1/s1. The fourth-order valence-corrected chi connectivity index (χ4v) is 4.91. The molecule has 1 aliphatic heterocycles. The van der Waals surface area contributed by atoms with Gasteiger partial charge < -0.3 is 29.6 Å². The second-order valence-electron chi connectivity index (χ2n) is 7.36. The predicted octanol–water partition coefficient (Wildman–Crippen LogP) is -0.624. The quantitative estimate of drug-likeness (QED) is 0.250. The molecule has 0 spiro atoms. The van der Waals surface area contributed by atoms with Crippen LogP contribution in [0.15, 0.2) is 40.1 Å². The van der Waals surface area contributed by atoms with Gasteiger partial charge in [0, 0.05) is 24.9 Å². The smallest absolute Gasteiger partial charge is 0.387 e. The molecule has 2 heterocycles. The van der Waals surface area contributed by atoms with Gasteiger partial charge in [0.25, 0.3) is 5.56 Å². The van der Waals surface area contributed by atoms with Crippen molar-refractivity contribution in [2.24, 2.45) is 0 Å². The molecule has 1 saturated heterocycles. The number of phosphoric acid groups is 2. The van der Waals surface area contributed by atoms with Crippen LogP contribution >= 0.6 is 15.6 Å². The molecule has 0 bridgehead atoms. The number of ether oxygens (including phenoxy) is 1. The van der Waals surface area contributed by atoms with Crippen molar-refractivity contribution >= 4 is 15.6 Å². The van der Waals surface area contributed by atoms with Crippen LogP contribution in [0.25, 0.3) is 0 Å². The zero-order chi connectivity index (χ0) is 26.1. The number of halogens is 2. The molecule has 14 nitrogen and oxygen atoms in total. The Labute approximate surface area is 194 Å². The maximum absolute atomic E-state index is 13.9. The monoisotopic (exact) mass is 544 g/mol. The molecule has 194 valence electrons. The van der Waals surface area contributed by atoms with Gasteiger partial charge in [0.15, 0.2) is 6.23 Å². The topological polar surface area (TPSA) is 207 Å². The van der Waals surface area contributed by atoms with E-state index in [0.717, 1.165) is 29.0 Å². The molecular weight excluding hydrogens is 524 g/mol. The first-order valence-corrected chi connectivity index (χ1v) is 12.7. The van der Waals surface area contributed by atoms with Crippen molar-refractivity contribution in [3.63, 3.8) is 0 Å². The van der Waals surface area contributed by atoms with E-state index in [1.54, 1.807) is 0 Å². The third-order valence-corrected chi connectivity index (χ3v) is 7.09. The van der Waals surface area contributed by atoms with E-state index in [1.807, 2.05) is 0 Å². The lowest BCUT2D eigenvalue weighted by atomic mass is 10.1. The lowest BCUT2D eigenvalue weighted by Crippen LogP contribution is -2.43.